The van der Waals surface area contributed by atoms with Gasteiger partial charge in [-0.05, 0) is 50.3 Å². The van der Waals surface area contributed by atoms with Crippen LogP contribution in [0.15, 0.2) is 48.5 Å². The van der Waals surface area contributed by atoms with Gasteiger partial charge in [-0.1, -0.05) is 36.4 Å². The summed E-state index contributed by atoms with van der Waals surface area (Å²) < 4.78 is 0. The first kappa shape index (κ1) is 19.5. The summed E-state index contributed by atoms with van der Waals surface area (Å²) in [5.74, 6) is -0.147. The molecule has 3 rings (SSSR count). The van der Waals surface area contributed by atoms with Gasteiger partial charge in [-0.2, -0.15) is 0 Å². The zero-order valence-electron chi connectivity index (χ0n) is 16.0. The molecule has 0 saturated carbocycles. The van der Waals surface area contributed by atoms with Crippen molar-refractivity contribution in [2.24, 2.45) is 0 Å². The van der Waals surface area contributed by atoms with E-state index in [0.29, 0.717) is 19.5 Å². The second-order valence-electron chi connectivity index (χ2n) is 7.39. The van der Waals surface area contributed by atoms with E-state index in [2.05, 4.69) is 22.4 Å². The van der Waals surface area contributed by atoms with Crippen molar-refractivity contribution in [2.75, 3.05) is 19.6 Å². The van der Waals surface area contributed by atoms with Gasteiger partial charge in [0.2, 0.25) is 0 Å². The summed E-state index contributed by atoms with van der Waals surface area (Å²) in [7, 11) is 0. The van der Waals surface area contributed by atoms with Crippen molar-refractivity contribution >= 4 is 5.91 Å². The highest BCUT2D eigenvalue weighted by Gasteiger charge is 2.41. The summed E-state index contributed by atoms with van der Waals surface area (Å²) in [6, 6.07) is 16.2. The van der Waals surface area contributed by atoms with Gasteiger partial charge in [0.15, 0.2) is 5.60 Å². The molecule has 1 fully saturated rings. The normalized spacial score (nSPS) is 20.1. The van der Waals surface area contributed by atoms with Crippen LogP contribution in [0.3, 0.4) is 0 Å². The van der Waals surface area contributed by atoms with E-state index in [-0.39, 0.29) is 12.5 Å². The molecule has 2 aromatic rings. The molecule has 1 aliphatic heterocycles. The average Bonchev–Trinajstić information content (AvgIpc) is 2.66. The highest BCUT2D eigenvalue weighted by Crippen LogP contribution is 2.22. The third-order valence-corrected chi connectivity index (χ3v) is 5.11. The molecular formula is C22H29N3O2. The first-order chi connectivity index (χ1) is 13.1. The molecule has 1 saturated heterocycles. The molecule has 2 heterocycles. The van der Waals surface area contributed by atoms with Crippen LogP contribution in [0.4, 0.5) is 0 Å². The predicted molar refractivity (Wildman–Crippen MR) is 106 cm³/mol. The number of rotatable bonds is 8. The molecule has 1 unspecified atom stereocenters. The first-order valence-electron chi connectivity index (χ1n) is 9.76. The second-order valence-corrected chi connectivity index (χ2v) is 7.39. The summed E-state index contributed by atoms with van der Waals surface area (Å²) in [6.07, 6.45) is 3.19. The monoisotopic (exact) mass is 367 g/mol. The third-order valence-electron chi connectivity index (χ3n) is 5.11. The van der Waals surface area contributed by atoms with Gasteiger partial charge in [-0.3, -0.25) is 9.78 Å². The van der Waals surface area contributed by atoms with E-state index in [9.17, 15) is 9.90 Å². The van der Waals surface area contributed by atoms with Crippen molar-refractivity contribution in [1.82, 2.24) is 15.2 Å². The van der Waals surface area contributed by atoms with Crippen LogP contribution < -0.4 is 5.32 Å². The van der Waals surface area contributed by atoms with E-state index in [0.717, 1.165) is 37.2 Å². The molecule has 5 heteroatoms. The predicted octanol–water partition coefficient (Wildman–Crippen LogP) is 2.47. The topological polar surface area (TPSA) is 65.5 Å². The molecular weight excluding hydrogens is 338 g/mol. The largest absolute Gasteiger partial charge is 0.379 e. The van der Waals surface area contributed by atoms with E-state index >= 15 is 0 Å². The molecule has 144 valence electrons. The lowest BCUT2D eigenvalue weighted by Gasteiger charge is -2.38. The number of aliphatic hydroxyl groups is 1. The van der Waals surface area contributed by atoms with Crippen molar-refractivity contribution in [3.8, 4) is 0 Å². The molecule has 0 bridgehead atoms. The Morgan fingerprint density at radius 2 is 2.00 bits per heavy atom. The summed E-state index contributed by atoms with van der Waals surface area (Å²) in [4.78, 5) is 19.1. The molecule has 27 heavy (non-hydrogen) atoms. The van der Waals surface area contributed by atoms with Crippen LogP contribution in [-0.4, -0.2) is 46.1 Å². The van der Waals surface area contributed by atoms with E-state index in [1.807, 2.05) is 48.2 Å². The summed E-state index contributed by atoms with van der Waals surface area (Å²) in [5.41, 5.74) is 1.85. The lowest BCUT2D eigenvalue weighted by Crippen LogP contribution is -2.58. The fourth-order valence-electron chi connectivity index (χ4n) is 3.66. The molecule has 1 aliphatic rings. The van der Waals surface area contributed by atoms with Gasteiger partial charge in [0.25, 0.3) is 5.91 Å². The zero-order chi connectivity index (χ0) is 19.1. The highest BCUT2D eigenvalue weighted by atomic mass is 16.3. The lowest BCUT2D eigenvalue weighted by molar-refractivity contribution is -0.156. The Morgan fingerprint density at radius 3 is 2.78 bits per heavy atom. The number of carbonyl (C=O) groups is 1. The molecule has 0 aliphatic carbocycles. The SMILES string of the molecule is Cc1cccc(CNCC2(O)CCCN(CCCc3ccccc3)C2=O)n1. The maximum Gasteiger partial charge on any atom is 0.255 e. The van der Waals surface area contributed by atoms with Gasteiger partial charge in [0.05, 0.1) is 5.69 Å². The van der Waals surface area contributed by atoms with Crippen LogP contribution in [0.5, 0.6) is 0 Å². The molecule has 1 amide bonds. The number of likely N-dealkylation sites (tertiary alicyclic amines) is 1. The zero-order valence-corrected chi connectivity index (χ0v) is 16.0. The van der Waals surface area contributed by atoms with Gasteiger partial charge in [0.1, 0.15) is 0 Å². The minimum Gasteiger partial charge on any atom is -0.379 e. The number of benzene rings is 1. The number of aryl methyl sites for hydroxylation is 2. The number of hydrogen-bond acceptors (Lipinski definition) is 4. The molecule has 1 aromatic heterocycles. The van der Waals surface area contributed by atoms with Crippen LogP contribution in [-0.2, 0) is 17.8 Å². The number of hydrogen-bond donors (Lipinski definition) is 2. The van der Waals surface area contributed by atoms with Crippen molar-refractivity contribution in [3.05, 3.63) is 65.5 Å². The van der Waals surface area contributed by atoms with E-state index < -0.39 is 5.60 Å². The molecule has 1 aromatic carbocycles. The van der Waals surface area contributed by atoms with Crippen LogP contribution in [0.25, 0.3) is 0 Å². The number of amides is 1. The van der Waals surface area contributed by atoms with Crippen LogP contribution in [0, 0.1) is 6.92 Å². The minimum atomic E-state index is -1.31. The molecule has 0 radical (unpaired) electrons. The maximum atomic E-state index is 12.8. The number of pyridine rings is 1. The van der Waals surface area contributed by atoms with Gasteiger partial charge in [-0.15, -0.1) is 0 Å². The summed E-state index contributed by atoms with van der Waals surface area (Å²) in [6.45, 7) is 4.18. The third kappa shape index (κ3) is 5.37. The smallest absolute Gasteiger partial charge is 0.255 e. The Bertz CT molecular complexity index is 750. The summed E-state index contributed by atoms with van der Waals surface area (Å²) >= 11 is 0. The number of aromatic nitrogens is 1. The average molecular weight is 367 g/mol. The quantitative estimate of drug-likeness (QED) is 0.752. The van der Waals surface area contributed by atoms with Crippen LogP contribution in [0.1, 0.15) is 36.2 Å². The Labute approximate surface area is 161 Å². The number of nitrogens with zero attached hydrogens (tertiary/aromatic N) is 2. The highest BCUT2D eigenvalue weighted by molar-refractivity contribution is 5.86. The lowest BCUT2D eigenvalue weighted by atomic mass is 9.91. The number of piperidine rings is 1. The van der Waals surface area contributed by atoms with Gasteiger partial charge >= 0.3 is 0 Å². The summed E-state index contributed by atoms with van der Waals surface area (Å²) in [5, 5.41) is 14.1. The van der Waals surface area contributed by atoms with Crippen molar-refractivity contribution in [2.45, 2.75) is 44.8 Å². The fraction of sp³-hybridized carbons (Fsp3) is 0.455. The fourth-order valence-corrected chi connectivity index (χ4v) is 3.66. The number of carbonyl (C=O) groups excluding carboxylic acids is 1. The molecule has 5 nitrogen and oxygen atoms in total. The Morgan fingerprint density at radius 1 is 1.19 bits per heavy atom. The van der Waals surface area contributed by atoms with Gasteiger partial charge in [-0.25, -0.2) is 0 Å². The van der Waals surface area contributed by atoms with Crippen molar-refractivity contribution in [1.29, 1.82) is 0 Å². The number of nitrogens with one attached hydrogen (secondary N) is 1. The van der Waals surface area contributed by atoms with E-state index in [4.69, 9.17) is 0 Å². The van der Waals surface area contributed by atoms with Crippen LogP contribution in [0.2, 0.25) is 0 Å². The van der Waals surface area contributed by atoms with Gasteiger partial charge in [0, 0.05) is 31.9 Å². The minimum absolute atomic E-state index is 0.147. The van der Waals surface area contributed by atoms with Crippen molar-refractivity contribution in [3.63, 3.8) is 0 Å². The van der Waals surface area contributed by atoms with Crippen LogP contribution >= 0.6 is 0 Å². The van der Waals surface area contributed by atoms with E-state index in [1.165, 1.54) is 5.56 Å². The second kappa shape index (κ2) is 9.11. The molecule has 2 N–H and O–H groups in total. The standard InChI is InChI=1S/C22H29N3O2/c1-18-8-5-12-20(24-18)16-23-17-22(27)13-7-15-25(21(22)26)14-6-11-19-9-3-2-4-10-19/h2-5,8-10,12,23,27H,6-7,11,13-17H2,1H3. The van der Waals surface area contributed by atoms with E-state index in [1.54, 1.807) is 0 Å². The maximum absolute atomic E-state index is 12.8. The Hall–Kier alpha value is -2.24. The molecule has 1 atom stereocenters. The first-order valence-corrected chi connectivity index (χ1v) is 9.76. The van der Waals surface area contributed by atoms with Crippen molar-refractivity contribution < 1.29 is 9.90 Å². The molecule has 0 spiro atoms. The Kier molecular flexibility index (Phi) is 6.58. The Balaban J connectivity index is 1.48. The van der Waals surface area contributed by atoms with Gasteiger partial charge < -0.3 is 15.3 Å².